The third-order valence-corrected chi connectivity index (χ3v) is 10.9. The first-order chi connectivity index (χ1) is 25.0. The summed E-state index contributed by atoms with van der Waals surface area (Å²) in [5.74, 6) is 2.45. The zero-order valence-electron chi connectivity index (χ0n) is 28.8. The van der Waals surface area contributed by atoms with Crippen LogP contribution in [0.25, 0.3) is 10.8 Å². The van der Waals surface area contributed by atoms with Crippen LogP contribution in [0.2, 0.25) is 0 Å². The highest BCUT2D eigenvalue weighted by Gasteiger charge is 2.45. The molecule has 282 valence electrons. The van der Waals surface area contributed by atoms with Gasteiger partial charge in [0.2, 0.25) is 0 Å². The monoisotopic (exact) mass is 761 g/mol. The van der Waals surface area contributed by atoms with Crippen molar-refractivity contribution in [3.63, 3.8) is 0 Å². The molecule has 18 heteroatoms. The number of methoxy groups -OCH3 is 2. The minimum Gasteiger partial charge on any atom is -0.494 e. The summed E-state index contributed by atoms with van der Waals surface area (Å²) < 4.78 is 91.3. The van der Waals surface area contributed by atoms with Crippen LogP contribution in [0.5, 0.6) is 5.75 Å². The maximum Gasteiger partial charge on any atom is 0.493 e. The number of aromatic nitrogens is 1. The number of anilines is 2. The number of nitrogens with zero attached hydrogens (tertiary/aromatic N) is 4. The summed E-state index contributed by atoms with van der Waals surface area (Å²) in [5, 5.41) is 1.67. The Morgan fingerprint density at radius 2 is 1.70 bits per heavy atom. The number of rotatable bonds is 9. The first-order valence-electron chi connectivity index (χ1n) is 16.1. The Morgan fingerprint density at radius 3 is 2.36 bits per heavy atom. The van der Waals surface area contributed by atoms with Crippen LogP contribution < -0.4 is 20.7 Å². The van der Waals surface area contributed by atoms with Crippen LogP contribution in [0.1, 0.15) is 49.9 Å². The van der Waals surface area contributed by atoms with Crippen LogP contribution in [-0.2, 0) is 29.0 Å². The molecule has 2 amide bonds. The standard InChI is InChI=1S/C35H35F4N5O8S/c1-20(2)53(48,49)30-12-10-25(44(34(47)51-4)52-33(46)35(37,38)39)18-26(30)28-6-5-15-42(28)32(45)31(22-8-11-27(36)29(17-22)50-3)43(40)24-9-7-23-19-41-14-13-21(23)16-24/h7-14,16-20,28,31H,5-6,15,40H2,1-4H3/t28?,31-/m1/s1. The second-order valence-electron chi connectivity index (χ2n) is 12.3. The maximum atomic E-state index is 14.8. The molecular weight excluding hydrogens is 726 g/mol. The van der Waals surface area contributed by atoms with E-state index in [1.54, 1.807) is 36.7 Å². The number of nitrogens with two attached hydrogens (primary N) is 1. The summed E-state index contributed by atoms with van der Waals surface area (Å²) in [5.41, 5.74) is 0.0379. The van der Waals surface area contributed by atoms with Gasteiger partial charge in [-0.25, -0.2) is 28.2 Å². The van der Waals surface area contributed by atoms with Crippen molar-refractivity contribution in [3.05, 3.63) is 90.0 Å². The summed E-state index contributed by atoms with van der Waals surface area (Å²) in [6.07, 6.45) is -3.29. The Hall–Kier alpha value is -5.49. The minimum atomic E-state index is -5.50. The molecule has 4 aromatic rings. The Labute approximate surface area is 301 Å². The number of hydroxylamine groups is 1. The number of hydrazine groups is 1. The average molecular weight is 762 g/mol. The lowest BCUT2D eigenvalue weighted by molar-refractivity contribution is -0.200. The van der Waals surface area contributed by atoms with E-state index >= 15 is 0 Å². The summed E-state index contributed by atoms with van der Waals surface area (Å²) in [6.45, 7) is 2.91. The number of ether oxygens (including phenoxy) is 2. The molecule has 0 aliphatic carbocycles. The molecule has 1 aliphatic rings. The van der Waals surface area contributed by atoms with Gasteiger partial charge in [0.05, 0.1) is 41.8 Å². The fraction of sp³-hybridized carbons (Fsp3) is 0.314. The largest absolute Gasteiger partial charge is 0.494 e. The van der Waals surface area contributed by atoms with Gasteiger partial charge in [0, 0.05) is 24.3 Å². The number of benzene rings is 3. The smallest absolute Gasteiger partial charge is 0.493 e. The summed E-state index contributed by atoms with van der Waals surface area (Å²) in [7, 11) is -2.05. The fourth-order valence-electron chi connectivity index (χ4n) is 6.01. The molecule has 0 spiro atoms. The normalized spacial score (nSPS) is 15.3. The molecule has 0 bridgehead atoms. The van der Waals surface area contributed by atoms with Gasteiger partial charge < -0.3 is 19.2 Å². The molecule has 0 saturated carbocycles. The number of amides is 2. The Morgan fingerprint density at radius 1 is 0.981 bits per heavy atom. The van der Waals surface area contributed by atoms with E-state index in [0.717, 1.165) is 42.1 Å². The zero-order chi connectivity index (χ0) is 38.8. The predicted molar refractivity (Wildman–Crippen MR) is 184 cm³/mol. The summed E-state index contributed by atoms with van der Waals surface area (Å²) in [6, 6.07) is 11.3. The number of carbonyl (C=O) groups is 3. The molecule has 1 unspecified atom stereocenters. The number of halogens is 4. The van der Waals surface area contributed by atoms with Crippen molar-refractivity contribution >= 4 is 50.0 Å². The molecule has 0 radical (unpaired) electrons. The van der Waals surface area contributed by atoms with Crippen LogP contribution in [0.4, 0.5) is 33.7 Å². The number of hydrogen-bond acceptors (Lipinski definition) is 11. The fourth-order valence-corrected chi connectivity index (χ4v) is 7.30. The van der Waals surface area contributed by atoms with E-state index in [0.29, 0.717) is 12.1 Å². The van der Waals surface area contributed by atoms with Gasteiger partial charge in [-0.3, -0.25) is 14.8 Å². The number of pyridine rings is 1. The van der Waals surface area contributed by atoms with Gasteiger partial charge in [0.25, 0.3) is 5.91 Å². The van der Waals surface area contributed by atoms with Gasteiger partial charge in [0.1, 0.15) is 6.04 Å². The van der Waals surface area contributed by atoms with E-state index in [-0.39, 0.29) is 39.8 Å². The molecule has 1 aliphatic heterocycles. The van der Waals surface area contributed by atoms with Crippen molar-refractivity contribution in [2.24, 2.45) is 5.84 Å². The van der Waals surface area contributed by atoms with Crippen molar-refractivity contribution < 1.29 is 54.7 Å². The number of fused-ring (bicyclic) bond motifs is 1. The third-order valence-electron chi connectivity index (χ3n) is 8.72. The van der Waals surface area contributed by atoms with Crippen LogP contribution in [-0.4, -0.2) is 68.5 Å². The molecule has 1 saturated heterocycles. The number of sulfone groups is 1. The Kier molecular flexibility index (Phi) is 11.1. The Bertz CT molecular complexity index is 2150. The van der Waals surface area contributed by atoms with E-state index in [1.165, 1.54) is 43.0 Å². The molecule has 1 aromatic heterocycles. The molecule has 1 fully saturated rings. The maximum absolute atomic E-state index is 14.8. The van der Waals surface area contributed by atoms with Crippen molar-refractivity contribution in [2.75, 3.05) is 30.8 Å². The van der Waals surface area contributed by atoms with E-state index in [9.17, 15) is 40.4 Å². The lowest BCUT2D eigenvalue weighted by atomic mass is 10.00. The highest BCUT2D eigenvalue weighted by molar-refractivity contribution is 7.92. The number of hydrogen-bond donors (Lipinski definition) is 1. The molecule has 2 heterocycles. The van der Waals surface area contributed by atoms with E-state index in [1.807, 2.05) is 0 Å². The van der Waals surface area contributed by atoms with Crippen molar-refractivity contribution in [1.82, 2.24) is 9.88 Å². The Balaban J connectivity index is 1.65. The molecule has 13 nitrogen and oxygen atoms in total. The number of likely N-dealkylation sites (tertiary alicyclic amines) is 1. The van der Waals surface area contributed by atoms with Crippen LogP contribution in [0, 0.1) is 5.82 Å². The van der Waals surface area contributed by atoms with Gasteiger partial charge >= 0.3 is 18.2 Å². The molecule has 2 atom stereocenters. The first kappa shape index (κ1) is 38.7. The summed E-state index contributed by atoms with van der Waals surface area (Å²) in [4.78, 5) is 48.8. The zero-order valence-corrected chi connectivity index (χ0v) is 29.7. The van der Waals surface area contributed by atoms with Crippen LogP contribution in [0.3, 0.4) is 0 Å². The van der Waals surface area contributed by atoms with Crippen molar-refractivity contribution in [3.8, 4) is 5.75 Å². The van der Waals surface area contributed by atoms with E-state index < -0.39 is 62.8 Å². The topological polar surface area (TPSA) is 162 Å². The number of alkyl halides is 3. The molecule has 5 rings (SSSR count). The van der Waals surface area contributed by atoms with Gasteiger partial charge in [-0.05, 0) is 91.7 Å². The average Bonchev–Trinajstić information content (AvgIpc) is 3.63. The highest BCUT2D eigenvalue weighted by Crippen LogP contribution is 2.42. The molecule has 53 heavy (non-hydrogen) atoms. The second kappa shape index (κ2) is 15.2. The predicted octanol–water partition coefficient (Wildman–Crippen LogP) is 5.94. The number of carbonyl (C=O) groups excluding carboxylic acids is 3. The van der Waals surface area contributed by atoms with Gasteiger partial charge in [-0.2, -0.15) is 13.2 Å². The third kappa shape index (κ3) is 7.83. The lowest BCUT2D eigenvalue weighted by Crippen LogP contribution is -2.46. The SMILES string of the molecule is COC(=O)N(OC(=O)C(F)(F)F)c1ccc(S(=O)(=O)C(C)C)c(C2CCCN2C(=O)[C@@H](c2ccc(F)c(OC)c2)N(N)c2ccc3cnccc3c2)c1. The van der Waals surface area contributed by atoms with Crippen LogP contribution >= 0.6 is 0 Å². The van der Waals surface area contributed by atoms with Crippen molar-refractivity contribution in [1.29, 1.82) is 0 Å². The van der Waals surface area contributed by atoms with Gasteiger partial charge in [-0.1, -0.05) is 12.1 Å². The first-order valence-corrected chi connectivity index (χ1v) is 17.6. The molecular formula is C35H35F4N5O8S. The molecule has 2 N–H and O–H groups in total. The van der Waals surface area contributed by atoms with Gasteiger partial charge in [-0.15, -0.1) is 5.06 Å². The van der Waals surface area contributed by atoms with E-state index in [2.05, 4.69) is 14.6 Å². The summed E-state index contributed by atoms with van der Waals surface area (Å²) >= 11 is 0. The van der Waals surface area contributed by atoms with E-state index in [4.69, 9.17) is 10.6 Å². The van der Waals surface area contributed by atoms with Crippen molar-refractivity contribution in [2.45, 2.75) is 55.1 Å². The van der Waals surface area contributed by atoms with Gasteiger partial charge in [0.15, 0.2) is 21.4 Å². The minimum absolute atomic E-state index is 0.0589. The molecule has 3 aromatic carbocycles. The van der Waals surface area contributed by atoms with Crippen LogP contribution in [0.15, 0.2) is 78.0 Å². The second-order valence-corrected chi connectivity index (χ2v) is 14.7. The lowest BCUT2D eigenvalue weighted by Gasteiger charge is -2.35. The quantitative estimate of drug-likeness (QED) is 0.122. The highest BCUT2D eigenvalue weighted by atomic mass is 32.2.